The lowest BCUT2D eigenvalue weighted by Gasteiger charge is -1.89. The standard InChI is InChI=1S/C4H6O2.C2H7NO/c1-3(2)4(5)6;1-2-3-4/h1H2,2H3,(H,5,6);2-3H2,1H3. The smallest absolute Gasteiger partial charge is 0.330 e. The molecular weight excluding hydrogens is 134 g/mol. The molecule has 4 nitrogen and oxygen atoms in total. The molecular formula is C6H13NO3. The zero-order chi connectivity index (χ0) is 8.57. The maximum absolute atomic E-state index is 9.60. The number of carbonyl (C=O) groups is 1. The van der Waals surface area contributed by atoms with Crippen LogP contribution in [0.1, 0.15) is 13.8 Å². The van der Waals surface area contributed by atoms with Gasteiger partial charge in [0.25, 0.3) is 0 Å². The SMILES string of the molecule is C=C(C)C(=O)O.CC[NH2+][O-]. The molecule has 0 aromatic rings. The van der Waals surface area contributed by atoms with Gasteiger partial charge in [-0.05, 0) is 13.8 Å². The van der Waals surface area contributed by atoms with E-state index in [2.05, 4.69) is 6.58 Å². The van der Waals surface area contributed by atoms with Gasteiger partial charge in [0.1, 0.15) is 0 Å². The van der Waals surface area contributed by atoms with Crippen LogP contribution >= 0.6 is 0 Å². The first-order valence-corrected chi connectivity index (χ1v) is 2.88. The largest absolute Gasteiger partial charge is 0.636 e. The zero-order valence-corrected chi connectivity index (χ0v) is 6.26. The molecule has 0 rings (SSSR count). The summed E-state index contributed by atoms with van der Waals surface area (Å²) < 4.78 is 0. The number of quaternary nitrogens is 1. The second-order valence-corrected chi connectivity index (χ2v) is 1.66. The number of carboxylic acids is 1. The van der Waals surface area contributed by atoms with Crippen LogP contribution in [0, 0.1) is 5.21 Å². The maximum Gasteiger partial charge on any atom is 0.330 e. The Kier molecular flexibility index (Phi) is 9.65. The van der Waals surface area contributed by atoms with E-state index in [0.717, 1.165) is 5.48 Å². The monoisotopic (exact) mass is 147 g/mol. The minimum atomic E-state index is -0.935. The number of carboxylic acid groups (broad SMARTS) is 1. The van der Waals surface area contributed by atoms with E-state index >= 15 is 0 Å². The van der Waals surface area contributed by atoms with Crippen molar-refractivity contribution in [3.05, 3.63) is 17.4 Å². The first kappa shape index (κ1) is 11.9. The average molecular weight is 147 g/mol. The van der Waals surface area contributed by atoms with Gasteiger partial charge in [-0.1, -0.05) is 6.58 Å². The molecule has 0 unspecified atom stereocenters. The predicted molar refractivity (Wildman–Crippen MR) is 38.3 cm³/mol. The molecule has 0 saturated heterocycles. The molecule has 0 saturated carbocycles. The molecule has 4 heteroatoms. The van der Waals surface area contributed by atoms with Crippen LogP contribution in [-0.2, 0) is 4.79 Å². The van der Waals surface area contributed by atoms with Crippen LogP contribution in [-0.4, -0.2) is 17.6 Å². The van der Waals surface area contributed by atoms with Crippen LogP contribution in [0.5, 0.6) is 0 Å². The Morgan fingerprint density at radius 1 is 1.80 bits per heavy atom. The number of hydrogen-bond acceptors (Lipinski definition) is 2. The van der Waals surface area contributed by atoms with Crippen LogP contribution < -0.4 is 5.48 Å². The molecule has 0 bridgehead atoms. The average Bonchev–Trinajstić information content (AvgIpc) is 1.89. The van der Waals surface area contributed by atoms with Crippen molar-refractivity contribution in [3.63, 3.8) is 0 Å². The summed E-state index contributed by atoms with van der Waals surface area (Å²) in [6, 6.07) is 0. The third-order valence-corrected chi connectivity index (χ3v) is 0.532. The Morgan fingerprint density at radius 2 is 2.00 bits per heavy atom. The second kappa shape index (κ2) is 8.13. The lowest BCUT2D eigenvalue weighted by Crippen LogP contribution is -2.76. The minimum Gasteiger partial charge on any atom is -0.636 e. The number of nitrogens with two attached hydrogens (primary N) is 1. The normalized spacial score (nSPS) is 7.50. The molecule has 0 aliphatic rings. The van der Waals surface area contributed by atoms with E-state index in [0.29, 0.717) is 6.54 Å². The Bertz CT molecular complexity index is 97.6. The van der Waals surface area contributed by atoms with Gasteiger partial charge in [0.05, 0.1) is 6.54 Å². The van der Waals surface area contributed by atoms with Crippen molar-refractivity contribution in [2.24, 2.45) is 0 Å². The lowest BCUT2D eigenvalue weighted by molar-refractivity contribution is -0.585. The summed E-state index contributed by atoms with van der Waals surface area (Å²) in [4.78, 5) is 9.60. The number of rotatable bonds is 2. The Balaban J connectivity index is 0. The van der Waals surface area contributed by atoms with Crippen molar-refractivity contribution in [2.75, 3.05) is 6.54 Å². The summed E-state index contributed by atoms with van der Waals surface area (Å²) >= 11 is 0. The number of aliphatic carboxylic acids is 1. The van der Waals surface area contributed by atoms with E-state index in [4.69, 9.17) is 5.11 Å². The van der Waals surface area contributed by atoms with Crippen LogP contribution in [0.15, 0.2) is 12.2 Å². The predicted octanol–water partition coefficient (Wildman–Crippen LogP) is -0.285. The fourth-order valence-electron chi connectivity index (χ4n) is 0. The third kappa shape index (κ3) is 15.7. The van der Waals surface area contributed by atoms with Gasteiger partial charge in [0.15, 0.2) is 0 Å². The minimum absolute atomic E-state index is 0.176. The molecule has 0 radical (unpaired) electrons. The summed E-state index contributed by atoms with van der Waals surface area (Å²) in [5.74, 6) is -0.935. The molecule has 0 amide bonds. The van der Waals surface area contributed by atoms with Crippen molar-refractivity contribution in [3.8, 4) is 0 Å². The van der Waals surface area contributed by atoms with Crippen molar-refractivity contribution >= 4 is 5.97 Å². The van der Waals surface area contributed by atoms with Gasteiger partial charge < -0.3 is 15.8 Å². The molecule has 10 heavy (non-hydrogen) atoms. The van der Waals surface area contributed by atoms with Gasteiger partial charge in [-0.3, -0.25) is 0 Å². The summed E-state index contributed by atoms with van der Waals surface area (Å²) in [6.45, 7) is 7.05. The summed E-state index contributed by atoms with van der Waals surface area (Å²) in [5, 5.41) is 17.1. The molecule has 0 aromatic heterocycles. The van der Waals surface area contributed by atoms with Crippen molar-refractivity contribution in [1.29, 1.82) is 0 Å². The van der Waals surface area contributed by atoms with E-state index < -0.39 is 5.97 Å². The highest BCUT2D eigenvalue weighted by molar-refractivity contribution is 5.84. The van der Waals surface area contributed by atoms with Gasteiger partial charge >= 0.3 is 5.97 Å². The van der Waals surface area contributed by atoms with Crippen LogP contribution in [0.4, 0.5) is 0 Å². The highest BCUT2D eigenvalue weighted by atomic mass is 16.5. The fraction of sp³-hybridized carbons (Fsp3) is 0.500. The van der Waals surface area contributed by atoms with Crippen LogP contribution in [0.3, 0.4) is 0 Å². The zero-order valence-electron chi connectivity index (χ0n) is 6.26. The van der Waals surface area contributed by atoms with Gasteiger partial charge in [-0.15, -0.1) is 0 Å². The number of hydrogen-bond donors (Lipinski definition) is 2. The van der Waals surface area contributed by atoms with Gasteiger partial charge in [0.2, 0.25) is 0 Å². The molecule has 0 heterocycles. The first-order chi connectivity index (χ1) is 4.56. The van der Waals surface area contributed by atoms with Crippen molar-refractivity contribution < 1.29 is 15.4 Å². The van der Waals surface area contributed by atoms with E-state index in [-0.39, 0.29) is 5.57 Å². The topological polar surface area (TPSA) is 77.0 Å². The number of hydroxylamine groups is 1. The molecule has 0 atom stereocenters. The van der Waals surface area contributed by atoms with E-state index in [1.807, 2.05) is 6.92 Å². The van der Waals surface area contributed by atoms with Gasteiger partial charge in [0, 0.05) is 5.57 Å². The van der Waals surface area contributed by atoms with Gasteiger partial charge in [-0.2, -0.15) is 0 Å². The summed E-state index contributed by atoms with van der Waals surface area (Å²) in [6.07, 6.45) is 0. The molecule has 0 aliphatic carbocycles. The van der Waals surface area contributed by atoms with Crippen molar-refractivity contribution in [2.45, 2.75) is 13.8 Å². The van der Waals surface area contributed by atoms with Crippen molar-refractivity contribution in [1.82, 2.24) is 0 Å². The molecule has 0 spiro atoms. The highest BCUT2D eigenvalue weighted by Gasteiger charge is 1.90. The summed E-state index contributed by atoms with van der Waals surface area (Å²) in [7, 11) is 0. The highest BCUT2D eigenvalue weighted by Crippen LogP contribution is 1.81. The third-order valence-electron chi connectivity index (χ3n) is 0.532. The van der Waals surface area contributed by atoms with E-state index in [1.165, 1.54) is 6.92 Å². The molecule has 60 valence electrons. The Hall–Kier alpha value is -0.870. The van der Waals surface area contributed by atoms with Crippen LogP contribution in [0.25, 0.3) is 0 Å². The molecule has 0 aromatic carbocycles. The maximum atomic E-state index is 9.60. The van der Waals surface area contributed by atoms with E-state index in [1.54, 1.807) is 0 Å². The van der Waals surface area contributed by atoms with Gasteiger partial charge in [-0.25, -0.2) is 4.79 Å². The molecule has 3 N–H and O–H groups in total. The molecule has 0 aliphatic heterocycles. The quantitative estimate of drug-likeness (QED) is 0.416. The second-order valence-electron chi connectivity index (χ2n) is 1.66. The van der Waals surface area contributed by atoms with E-state index in [9.17, 15) is 10.0 Å². The first-order valence-electron chi connectivity index (χ1n) is 2.88. The summed E-state index contributed by atoms with van der Waals surface area (Å²) in [5.41, 5.74) is 1.05. The lowest BCUT2D eigenvalue weighted by atomic mass is 10.4. The molecule has 0 fully saturated rings. The van der Waals surface area contributed by atoms with Crippen LogP contribution in [0.2, 0.25) is 0 Å². The Morgan fingerprint density at radius 3 is 2.00 bits per heavy atom. The fourth-order valence-corrected chi connectivity index (χ4v) is 0. The Labute approximate surface area is 60.1 Å².